The molecule has 1 rings (SSSR count). The van der Waals surface area contributed by atoms with Gasteiger partial charge in [-0.15, -0.1) is 0 Å². The van der Waals surface area contributed by atoms with E-state index in [1.54, 1.807) is 6.07 Å². The first-order valence-electron chi connectivity index (χ1n) is 8.02. The van der Waals surface area contributed by atoms with Crippen LogP contribution in [0.15, 0.2) is 15.3 Å². The van der Waals surface area contributed by atoms with Gasteiger partial charge in [-0.05, 0) is 65.5 Å². The standard InChI is InChI=1S/C17H28BrNO3Si/c1-12-11-13(18)16(21)19-15(12)14(20)9-7-8-10-22-23(5,6)17(2,3)4/h11H,7-10H2,1-6H3,(H,19,21). The average molecular weight is 402 g/mol. The molecule has 0 saturated carbocycles. The zero-order valence-corrected chi connectivity index (χ0v) is 17.6. The van der Waals surface area contributed by atoms with Crippen molar-refractivity contribution in [1.29, 1.82) is 0 Å². The molecule has 1 aromatic rings. The number of aryl methyl sites for hydroxylation is 1. The van der Waals surface area contributed by atoms with Gasteiger partial charge >= 0.3 is 0 Å². The number of ketones is 1. The van der Waals surface area contributed by atoms with E-state index in [2.05, 4.69) is 54.8 Å². The fourth-order valence-corrected chi connectivity index (χ4v) is 3.48. The number of H-pyrrole nitrogens is 1. The summed E-state index contributed by atoms with van der Waals surface area (Å²) >= 11 is 3.17. The van der Waals surface area contributed by atoms with Crippen molar-refractivity contribution in [3.8, 4) is 0 Å². The van der Waals surface area contributed by atoms with Crippen molar-refractivity contribution in [2.45, 2.75) is 65.1 Å². The van der Waals surface area contributed by atoms with Gasteiger partial charge in [0.05, 0.1) is 10.2 Å². The largest absolute Gasteiger partial charge is 0.417 e. The molecule has 23 heavy (non-hydrogen) atoms. The summed E-state index contributed by atoms with van der Waals surface area (Å²) in [6.07, 6.45) is 2.06. The van der Waals surface area contributed by atoms with Crippen molar-refractivity contribution in [3.05, 3.63) is 32.2 Å². The number of unbranched alkanes of at least 4 members (excludes halogenated alkanes) is 1. The van der Waals surface area contributed by atoms with E-state index in [4.69, 9.17) is 4.43 Å². The van der Waals surface area contributed by atoms with Gasteiger partial charge in [-0.2, -0.15) is 0 Å². The van der Waals surface area contributed by atoms with Gasteiger partial charge in [-0.1, -0.05) is 20.8 Å². The summed E-state index contributed by atoms with van der Waals surface area (Å²) in [5.41, 5.74) is 0.947. The van der Waals surface area contributed by atoms with Crippen LogP contribution in [0.2, 0.25) is 18.1 Å². The van der Waals surface area contributed by atoms with Crippen LogP contribution in [0.1, 0.15) is 56.1 Å². The highest BCUT2D eigenvalue weighted by atomic mass is 79.9. The number of Topliss-reactive ketones (excluding diaryl/α,β-unsaturated/α-hetero) is 1. The van der Waals surface area contributed by atoms with Gasteiger partial charge in [-0.25, -0.2) is 0 Å². The maximum atomic E-state index is 12.2. The smallest absolute Gasteiger partial charge is 0.262 e. The molecule has 0 amide bonds. The number of hydrogen-bond acceptors (Lipinski definition) is 3. The average Bonchev–Trinajstić information content (AvgIpc) is 2.40. The second-order valence-electron chi connectivity index (χ2n) is 7.49. The lowest BCUT2D eigenvalue weighted by molar-refractivity contribution is 0.0972. The first-order valence-corrected chi connectivity index (χ1v) is 11.7. The molecule has 0 radical (unpaired) electrons. The predicted octanol–water partition coefficient (Wildman–Crippen LogP) is 4.82. The summed E-state index contributed by atoms with van der Waals surface area (Å²) in [7, 11) is -1.71. The molecule has 1 aromatic heterocycles. The Bertz CT molecular complexity index is 617. The van der Waals surface area contributed by atoms with E-state index < -0.39 is 8.32 Å². The Morgan fingerprint density at radius 2 is 1.91 bits per heavy atom. The monoisotopic (exact) mass is 401 g/mol. The number of aromatic nitrogens is 1. The maximum absolute atomic E-state index is 12.2. The third kappa shape index (κ3) is 5.69. The molecule has 0 aliphatic rings. The molecule has 1 N–H and O–H groups in total. The summed E-state index contributed by atoms with van der Waals surface area (Å²) < 4.78 is 6.56. The molecule has 0 spiro atoms. The lowest BCUT2D eigenvalue weighted by Gasteiger charge is -2.36. The van der Waals surface area contributed by atoms with Crippen molar-refractivity contribution < 1.29 is 9.22 Å². The number of carbonyl (C=O) groups excluding carboxylic acids is 1. The van der Waals surface area contributed by atoms with Crippen LogP contribution in [0, 0.1) is 6.92 Å². The fourth-order valence-electron chi connectivity index (χ4n) is 1.95. The van der Waals surface area contributed by atoms with E-state index in [0.29, 0.717) is 23.2 Å². The predicted molar refractivity (Wildman–Crippen MR) is 101 cm³/mol. The Hall–Kier alpha value is -0.723. The summed E-state index contributed by atoms with van der Waals surface area (Å²) in [5.74, 6) is -0.0144. The highest BCUT2D eigenvalue weighted by Crippen LogP contribution is 2.36. The van der Waals surface area contributed by atoms with Crippen LogP contribution >= 0.6 is 15.9 Å². The molecule has 4 nitrogen and oxygen atoms in total. The normalized spacial score (nSPS) is 12.5. The third-order valence-electron chi connectivity index (χ3n) is 4.54. The number of aromatic amines is 1. The first-order chi connectivity index (χ1) is 10.5. The van der Waals surface area contributed by atoms with Crippen molar-refractivity contribution in [3.63, 3.8) is 0 Å². The second-order valence-corrected chi connectivity index (χ2v) is 13.2. The van der Waals surface area contributed by atoms with Gasteiger partial charge < -0.3 is 9.41 Å². The van der Waals surface area contributed by atoms with Gasteiger partial charge in [0.15, 0.2) is 14.1 Å². The molecule has 6 heteroatoms. The lowest BCUT2D eigenvalue weighted by Crippen LogP contribution is -2.40. The van der Waals surface area contributed by atoms with Crippen LogP contribution in [0.3, 0.4) is 0 Å². The van der Waals surface area contributed by atoms with Crippen LogP contribution in [0.5, 0.6) is 0 Å². The highest BCUT2D eigenvalue weighted by Gasteiger charge is 2.36. The van der Waals surface area contributed by atoms with E-state index in [1.807, 2.05) is 6.92 Å². The van der Waals surface area contributed by atoms with Gasteiger partial charge in [0.25, 0.3) is 5.56 Å². The number of hydrogen-bond donors (Lipinski definition) is 1. The summed E-state index contributed by atoms with van der Waals surface area (Å²) in [6.45, 7) is 13.6. The molecular weight excluding hydrogens is 374 g/mol. The van der Waals surface area contributed by atoms with Crippen molar-refractivity contribution in [2.75, 3.05) is 6.61 Å². The molecule has 0 aliphatic heterocycles. The SMILES string of the molecule is Cc1cc(Br)c(=O)[nH]c1C(=O)CCCCO[Si](C)(C)C(C)(C)C. The molecule has 0 aromatic carbocycles. The molecule has 0 atom stereocenters. The number of carbonyl (C=O) groups is 1. The minimum absolute atomic E-state index is 0.0144. The second kappa shape index (κ2) is 7.90. The van der Waals surface area contributed by atoms with Crippen LogP contribution < -0.4 is 5.56 Å². The topological polar surface area (TPSA) is 59.2 Å². The molecule has 0 saturated heterocycles. The Balaban J connectivity index is 2.47. The van der Waals surface area contributed by atoms with Crippen molar-refractivity contribution >= 4 is 30.0 Å². The Morgan fingerprint density at radius 3 is 2.48 bits per heavy atom. The number of nitrogens with one attached hydrogen (secondary N) is 1. The summed E-state index contributed by atoms with van der Waals surface area (Å²) in [5, 5.41) is 0.205. The minimum atomic E-state index is -1.71. The van der Waals surface area contributed by atoms with Gasteiger partial charge in [-0.3, -0.25) is 9.59 Å². The molecule has 0 bridgehead atoms. The van der Waals surface area contributed by atoms with Crippen LogP contribution in [0.25, 0.3) is 0 Å². The maximum Gasteiger partial charge on any atom is 0.262 e. The molecule has 0 fully saturated rings. The lowest BCUT2D eigenvalue weighted by atomic mass is 10.1. The summed E-state index contributed by atoms with van der Waals surface area (Å²) in [4.78, 5) is 26.5. The molecule has 130 valence electrons. The third-order valence-corrected chi connectivity index (χ3v) is 9.67. The zero-order chi connectivity index (χ0) is 17.8. The fraction of sp³-hybridized carbons (Fsp3) is 0.647. The van der Waals surface area contributed by atoms with E-state index >= 15 is 0 Å². The first kappa shape index (κ1) is 20.3. The molecule has 0 unspecified atom stereocenters. The van der Waals surface area contributed by atoms with Gasteiger partial charge in [0, 0.05) is 13.0 Å². The summed E-state index contributed by atoms with van der Waals surface area (Å²) in [6, 6.07) is 1.69. The zero-order valence-electron chi connectivity index (χ0n) is 15.0. The Labute approximate surface area is 148 Å². The van der Waals surface area contributed by atoms with Crippen LogP contribution in [0.4, 0.5) is 0 Å². The van der Waals surface area contributed by atoms with E-state index in [9.17, 15) is 9.59 Å². The van der Waals surface area contributed by atoms with E-state index in [0.717, 1.165) is 18.4 Å². The molecular formula is C17H28BrNO3Si. The van der Waals surface area contributed by atoms with Crippen molar-refractivity contribution in [2.24, 2.45) is 0 Å². The quantitative estimate of drug-likeness (QED) is 0.404. The number of pyridine rings is 1. The van der Waals surface area contributed by atoms with Crippen LogP contribution in [-0.2, 0) is 4.43 Å². The van der Waals surface area contributed by atoms with Gasteiger partial charge in [0.1, 0.15) is 0 Å². The van der Waals surface area contributed by atoms with Crippen molar-refractivity contribution in [1.82, 2.24) is 4.98 Å². The van der Waals surface area contributed by atoms with Crippen LogP contribution in [-0.4, -0.2) is 25.7 Å². The number of halogens is 1. The number of rotatable bonds is 7. The molecule has 1 heterocycles. The molecule has 0 aliphatic carbocycles. The van der Waals surface area contributed by atoms with E-state index in [1.165, 1.54) is 0 Å². The Morgan fingerprint density at radius 1 is 1.30 bits per heavy atom. The Kier molecular flexibility index (Phi) is 6.98. The van der Waals surface area contributed by atoms with E-state index in [-0.39, 0.29) is 16.4 Å². The van der Waals surface area contributed by atoms with Gasteiger partial charge in [0.2, 0.25) is 0 Å². The highest BCUT2D eigenvalue weighted by molar-refractivity contribution is 9.10. The minimum Gasteiger partial charge on any atom is -0.417 e.